The standard InChI is InChI=1S/C17H12F2N2OS/c1-11-10-23-17(21(11)15-7-3-6-14(19)9-15)20-16(22)12-4-2-5-13(18)8-12/h2-10H,1H3. The van der Waals surface area contributed by atoms with Crippen molar-refractivity contribution in [1.29, 1.82) is 0 Å². The molecule has 3 rings (SSSR count). The number of carbonyl (C=O) groups is 1. The molecule has 0 radical (unpaired) electrons. The van der Waals surface area contributed by atoms with Crippen LogP contribution in [0.5, 0.6) is 0 Å². The summed E-state index contributed by atoms with van der Waals surface area (Å²) in [5.41, 5.74) is 1.57. The van der Waals surface area contributed by atoms with Crippen LogP contribution in [0.25, 0.3) is 5.69 Å². The van der Waals surface area contributed by atoms with E-state index in [0.717, 1.165) is 11.8 Å². The molecule has 23 heavy (non-hydrogen) atoms. The number of thiazole rings is 1. The first-order valence-corrected chi connectivity index (χ1v) is 7.70. The lowest BCUT2D eigenvalue weighted by Crippen LogP contribution is -2.16. The molecule has 0 N–H and O–H groups in total. The molecule has 0 saturated heterocycles. The molecule has 0 atom stereocenters. The second-order valence-electron chi connectivity index (χ2n) is 4.90. The van der Waals surface area contributed by atoms with Crippen LogP contribution in [0.15, 0.2) is 58.9 Å². The van der Waals surface area contributed by atoms with Crippen LogP contribution in [0.2, 0.25) is 0 Å². The smallest absolute Gasteiger partial charge is 0.279 e. The van der Waals surface area contributed by atoms with E-state index in [1.165, 1.54) is 41.7 Å². The number of aryl methyl sites for hydroxylation is 1. The quantitative estimate of drug-likeness (QED) is 0.702. The summed E-state index contributed by atoms with van der Waals surface area (Å²) in [6.07, 6.45) is 0. The first-order valence-electron chi connectivity index (χ1n) is 6.82. The lowest BCUT2D eigenvalue weighted by molar-refractivity contribution is 0.0997. The van der Waals surface area contributed by atoms with Crippen molar-refractivity contribution in [3.8, 4) is 5.69 Å². The molecule has 3 aromatic rings. The van der Waals surface area contributed by atoms with E-state index < -0.39 is 11.7 Å². The summed E-state index contributed by atoms with van der Waals surface area (Å²) in [6, 6.07) is 11.4. The van der Waals surface area contributed by atoms with Crippen molar-refractivity contribution >= 4 is 17.2 Å². The number of hydrogen-bond donors (Lipinski definition) is 0. The fourth-order valence-corrected chi connectivity index (χ4v) is 3.04. The first kappa shape index (κ1) is 15.3. The van der Waals surface area contributed by atoms with Gasteiger partial charge < -0.3 is 0 Å². The molecule has 0 saturated carbocycles. The monoisotopic (exact) mass is 330 g/mol. The minimum absolute atomic E-state index is 0.168. The van der Waals surface area contributed by atoms with Crippen molar-refractivity contribution in [2.24, 2.45) is 4.99 Å². The first-order chi connectivity index (χ1) is 11.0. The Hall–Kier alpha value is -2.60. The molecule has 0 aliphatic heterocycles. The maximum Gasteiger partial charge on any atom is 0.279 e. The lowest BCUT2D eigenvalue weighted by atomic mass is 10.2. The average Bonchev–Trinajstić information content (AvgIpc) is 2.88. The van der Waals surface area contributed by atoms with Crippen molar-refractivity contribution < 1.29 is 13.6 Å². The highest BCUT2D eigenvalue weighted by atomic mass is 32.1. The van der Waals surface area contributed by atoms with Gasteiger partial charge >= 0.3 is 0 Å². The van der Waals surface area contributed by atoms with Gasteiger partial charge in [-0.2, -0.15) is 4.99 Å². The highest BCUT2D eigenvalue weighted by Crippen LogP contribution is 2.13. The zero-order valence-corrected chi connectivity index (χ0v) is 13.0. The maximum atomic E-state index is 13.4. The van der Waals surface area contributed by atoms with Crippen LogP contribution in [0.3, 0.4) is 0 Å². The van der Waals surface area contributed by atoms with Gasteiger partial charge in [0.2, 0.25) is 0 Å². The van der Waals surface area contributed by atoms with E-state index in [4.69, 9.17) is 0 Å². The summed E-state index contributed by atoms with van der Waals surface area (Å²) >= 11 is 1.26. The van der Waals surface area contributed by atoms with Gasteiger partial charge in [0, 0.05) is 16.6 Å². The predicted molar refractivity (Wildman–Crippen MR) is 84.6 cm³/mol. The Morgan fingerprint density at radius 3 is 2.48 bits per heavy atom. The SMILES string of the molecule is Cc1csc(=NC(=O)c2cccc(F)c2)n1-c1cccc(F)c1. The Labute approximate surface area is 135 Å². The van der Waals surface area contributed by atoms with Crippen LogP contribution in [0.4, 0.5) is 8.78 Å². The van der Waals surface area contributed by atoms with Crippen LogP contribution < -0.4 is 4.80 Å². The summed E-state index contributed by atoms with van der Waals surface area (Å²) in [5.74, 6) is -1.41. The third kappa shape index (κ3) is 3.27. The van der Waals surface area contributed by atoms with Gasteiger partial charge in [-0.3, -0.25) is 9.36 Å². The lowest BCUT2D eigenvalue weighted by Gasteiger charge is -2.05. The molecule has 116 valence electrons. The van der Waals surface area contributed by atoms with Gasteiger partial charge in [0.1, 0.15) is 11.6 Å². The highest BCUT2D eigenvalue weighted by molar-refractivity contribution is 7.07. The molecule has 2 aromatic carbocycles. The fourth-order valence-electron chi connectivity index (χ4n) is 2.17. The largest absolute Gasteiger partial charge is 0.290 e. The second-order valence-corrected chi connectivity index (χ2v) is 5.74. The molecule has 0 unspecified atom stereocenters. The van der Waals surface area contributed by atoms with Gasteiger partial charge in [0.25, 0.3) is 5.91 Å². The van der Waals surface area contributed by atoms with E-state index in [-0.39, 0.29) is 11.4 Å². The van der Waals surface area contributed by atoms with Crippen LogP contribution in [0, 0.1) is 18.6 Å². The number of rotatable bonds is 2. The van der Waals surface area contributed by atoms with Gasteiger partial charge in [0.15, 0.2) is 4.80 Å². The molecule has 0 aliphatic carbocycles. The minimum atomic E-state index is -0.545. The second kappa shape index (κ2) is 6.26. The summed E-state index contributed by atoms with van der Waals surface area (Å²) < 4.78 is 28.4. The number of nitrogens with zero attached hydrogens (tertiary/aromatic N) is 2. The van der Waals surface area contributed by atoms with Crippen molar-refractivity contribution in [3.05, 3.63) is 81.6 Å². The van der Waals surface area contributed by atoms with E-state index in [1.807, 2.05) is 12.3 Å². The Bertz CT molecular complexity index is 944. The Kier molecular flexibility index (Phi) is 4.16. The Morgan fingerprint density at radius 1 is 1.09 bits per heavy atom. The fraction of sp³-hybridized carbons (Fsp3) is 0.0588. The topological polar surface area (TPSA) is 34.4 Å². The summed E-state index contributed by atoms with van der Waals surface area (Å²) in [5, 5.41) is 1.82. The van der Waals surface area contributed by atoms with Gasteiger partial charge in [-0.15, -0.1) is 11.3 Å². The molecule has 0 aliphatic rings. The van der Waals surface area contributed by atoms with E-state index >= 15 is 0 Å². The maximum absolute atomic E-state index is 13.4. The third-order valence-corrected chi connectivity index (χ3v) is 4.16. The van der Waals surface area contributed by atoms with Gasteiger partial charge in [0.05, 0.1) is 5.69 Å². The number of amides is 1. The molecular weight excluding hydrogens is 318 g/mol. The van der Waals surface area contributed by atoms with E-state index in [9.17, 15) is 13.6 Å². The molecule has 3 nitrogen and oxygen atoms in total. The van der Waals surface area contributed by atoms with Crippen molar-refractivity contribution in [2.75, 3.05) is 0 Å². The Balaban J connectivity index is 2.09. The van der Waals surface area contributed by atoms with Gasteiger partial charge in [-0.25, -0.2) is 8.78 Å². The number of hydrogen-bond acceptors (Lipinski definition) is 2. The van der Waals surface area contributed by atoms with E-state index in [2.05, 4.69) is 4.99 Å². The number of benzene rings is 2. The van der Waals surface area contributed by atoms with Crippen LogP contribution in [-0.4, -0.2) is 10.5 Å². The molecule has 6 heteroatoms. The molecule has 0 bridgehead atoms. The molecular formula is C17H12F2N2OS. The highest BCUT2D eigenvalue weighted by Gasteiger charge is 2.09. The van der Waals surface area contributed by atoms with Crippen LogP contribution >= 0.6 is 11.3 Å². The minimum Gasteiger partial charge on any atom is -0.290 e. The third-order valence-electron chi connectivity index (χ3n) is 3.21. The Morgan fingerprint density at radius 2 is 1.78 bits per heavy atom. The molecule has 0 fully saturated rings. The van der Waals surface area contributed by atoms with E-state index in [0.29, 0.717) is 10.5 Å². The van der Waals surface area contributed by atoms with E-state index in [1.54, 1.807) is 16.7 Å². The van der Waals surface area contributed by atoms with Crippen molar-refractivity contribution in [3.63, 3.8) is 0 Å². The van der Waals surface area contributed by atoms with Gasteiger partial charge in [-0.05, 0) is 43.3 Å². The normalized spacial score (nSPS) is 11.7. The summed E-state index contributed by atoms with van der Waals surface area (Å²) in [4.78, 5) is 16.7. The average molecular weight is 330 g/mol. The number of carbonyl (C=O) groups excluding carboxylic acids is 1. The molecule has 0 spiro atoms. The predicted octanol–water partition coefficient (Wildman–Crippen LogP) is 3.87. The number of halogens is 2. The molecule has 1 heterocycles. The zero-order chi connectivity index (χ0) is 16.4. The van der Waals surface area contributed by atoms with Crippen molar-refractivity contribution in [2.45, 2.75) is 6.92 Å². The number of aromatic nitrogens is 1. The molecule has 1 amide bonds. The summed E-state index contributed by atoms with van der Waals surface area (Å²) in [7, 11) is 0. The zero-order valence-electron chi connectivity index (χ0n) is 12.2. The summed E-state index contributed by atoms with van der Waals surface area (Å²) in [6.45, 7) is 1.84. The van der Waals surface area contributed by atoms with Crippen LogP contribution in [0.1, 0.15) is 16.1 Å². The van der Waals surface area contributed by atoms with Crippen LogP contribution in [-0.2, 0) is 0 Å². The van der Waals surface area contributed by atoms with Crippen molar-refractivity contribution in [1.82, 2.24) is 4.57 Å². The molecule has 1 aromatic heterocycles. The van der Waals surface area contributed by atoms with Gasteiger partial charge in [-0.1, -0.05) is 12.1 Å².